The smallest absolute Gasteiger partial charge is 0.170 e. The summed E-state index contributed by atoms with van der Waals surface area (Å²) in [7, 11) is 0. The molecule has 0 heterocycles. The number of thiocarbonyl (C=S) groups is 1. The molecule has 0 spiro atoms. The molecular weight excluding hydrogens is 264 g/mol. The zero-order valence-electron chi connectivity index (χ0n) is 11.7. The lowest BCUT2D eigenvalue weighted by atomic mass is 10.1. The van der Waals surface area contributed by atoms with Gasteiger partial charge in [0.2, 0.25) is 0 Å². The molecule has 0 amide bonds. The van der Waals surface area contributed by atoms with E-state index in [9.17, 15) is 0 Å². The molecule has 2 N–H and O–H groups in total. The highest BCUT2D eigenvalue weighted by Crippen LogP contribution is 2.06. The van der Waals surface area contributed by atoms with Gasteiger partial charge in [0, 0.05) is 12.2 Å². The van der Waals surface area contributed by atoms with Crippen molar-refractivity contribution in [3.63, 3.8) is 0 Å². The van der Waals surface area contributed by atoms with E-state index < -0.39 is 0 Å². The molecule has 2 aromatic carbocycles. The first-order valence-corrected chi connectivity index (χ1v) is 7.30. The fourth-order valence-electron chi connectivity index (χ4n) is 1.95. The van der Waals surface area contributed by atoms with Crippen molar-refractivity contribution in [2.75, 3.05) is 11.9 Å². The molecule has 0 atom stereocenters. The second kappa shape index (κ2) is 7.65. The summed E-state index contributed by atoms with van der Waals surface area (Å²) in [6.45, 7) is 2.99. The number of aryl methyl sites for hydroxylation is 2. The van der Waals surface area contributed by atoms with Crippen molar-refractivity contribution in [3.05, 3.63) is 65.7 Å². The Morgan fingerprint density at radius 3 is 2.40 bits per heavy atom. The molecule has 0 saturated carbocycles. The van der Waals surface area contributed by atoms with E-state index in [-0.39, 0.29) is 0 Å². The summed E-state index contributed by atoms with van der Waals surface area (Å²) >= 11 is 5.26. The van der Waals surface area contributed by atoms with Gasteiger partial charge in [0.1, 0.15) is 0 Å². The SMILES string of the molecule is Cc1ccc(CCCNC(=S)Nc2ccccc2)cc1. The third kappa shape index (κ3) is 5.02. The number of anilines is 1. The van der Waals surface area contributed by atoms with Gasteiger partial charge in [0.15, 0.2) is 5.11 Å². The molecule has 0 fully saturated rings. The van der Waals surface area contributed by atoms with Gasteiger partial charge < -0.3 is 10.6 Å². The van der Waals surface area contributed by atoms with Crippen LogP contribution in [0.4, 0.5) is 5.69 Å². The van der Waals surface area contributed by atoms with Crippen LogP contribution in [0.3, 0.4) is 0 Å². The monoisotopic (exact) mass is 284 g/mol. The van der Waals surface area contributed by atoms with Gasteiger partial charge in [0.25, 0.3) is 0 Å². The number of para-hydroxylation sites is 1. The molecular formula is C17H20N2S. The molecule has 2 nitrogen and oxygen atoms in total. The normalized spacial score (nSPS) is 10.1. The van der Waals surface area contributed by atoms with E-state index in [0.717, 1.165) is 25.1 Å². The van der Waals surface area contributed by atoms with Gasteiger partial charge in [0.05, 0.1) is 0 Å². The molecule has 0 aromatic heterocycles. The predicted octanol–water partition coefficient (Wildman–Crippen LogP) is 3.91. The van der Waals surface area contributed by atoms with Crippen LogP contribution in [0.25, 0.3) is 0 Å². The molecule has 0 radical (unpaired) electrons. The Balaban J connectivity index is 1.66. The Labute approximate surface area is 126 Å². The summed E-state index contributed by atoms with van der Waals surface area (Å²) in [5.41, 5.74) is 3.70. The summed E-state index contributed by atoms with van der Waals surface area (Å²) in [6, 6.07) is 18.7. The summed E-state index contributed by atoms with van der Waals surface area (Å²) < 4.78 is 0. The third-order valence-electron chi connectivity index (χ3n) is 3.08. The quantitative estimate of drug-likeness (QED) is 0.643. The maximum absolute atomic E-state index is 5.26. The maximum atomic E-state index is 5.26. The van der Waals surface area contributed by atoms with Crippen LogP contribution in [0.5, 0.6) is 0 Å². The van der Waals surface area contributed by atoms with Gasteiger partial charge >= 0.3 is 0 Å². The molecule has 0 unspecified atom stereocenters. The Morgan fingerprint density at radius 2 is 1.70 bits per heavy atom. The third-order valence-corrected chi connectivity index (χ3v) is 3.33. The fraction of sp³-hybridized carbons (Fsp3) is 0.235. The van der Waals surface area contributed by atoms with Gasteiger partial charge in [-0.3, -0.25) is 0 Å². The van der Waals surface area contributed by atoms with Crippen molar-refractivity contribution in [1.29, 1.82) is 0 Å². The summed E-state index contributed by atoms with van der Waals surface area (Å²) in [5, 5.41) is 7.08. The lowest BCUT2D eigenvalue weighted by Crippen LogP contribution is -2.29. The highest BCUT2D eigenvalue weighted by atomic mass is 32.1. The highest BCUT2D eigenvalue weighted by Gasteiger charge is 1.97. The van der Waals surface area contributed by atoms with Crippen molar-refractivity contribution >= 4 is 23.0 Å². The zero-order valence-corrected chi connectivity index (χ0v) is 12.5. The standard InChI is InChI=1S/C17H20N2S/c1-14-9-11-15(12-10-14)6-5-13-18-17(20)19-16-7-3-2-4-8-16/h2-4,7-12H,5-6,13H2,1H3,(H2,18,19,20). The largest absolute Gasteiger partial charge is 0.362 e. The van der Waals surface area contributed by atoms with Crippen LogP contribution in [0.15, 0.2) is 54.6 Å². The second-order valence-corrected chi connectivity index (χ2v) is 5.24. The first kappa shape index (κ1) is 14.5. The number of nitrogens with one attached hydrogen (secondary N) is 2. The van der Waals surface area contributed by atoms with E-state index in [4.69, 9.17) is 12.2 Å². The minimum atomic E-state index is 0.681. The van der Waals surface area contributed by atoms with Crippen LogP contribution in [0.1, 0.15) is 17.5 Å². The van der Waals surface area contributed by atoms with E-state index in [0.29, 0.717) is 5.11 Å². The van der Waals surface area contributed by atoms with Crippen LogP contribution < -0.4 is 10.6 Å². The second-order valence-electron chi connectivity index (χ2n) is 4.84. The maximum Gasteiger partial charge on any atom is 0.170 e. The van der Waals surface area contributed by atoms with E-state index >= 15 is 0 Å². The number of benzene rings is 2. The topological polar surface area (TPSA) is 24.1 Å². The average molecular weight is 284 g/mol. The van der Waals surface area contributed by atoms with Crippen molar-refractivity contribution in [2.24, 2.45) is 0 Å². The lowest BCUT2D eigenvalue weighted by Gasteiger charge is -2.10. The average Bonchev–Trinajstić information content (AvgIpc) is 2.46. The van der Waals surface area contributed by atoms with Crippen molar-refractivity contribution in [1.82, 2.24) is 5.32 Å². The van der Waals surface area contributed by atoms with Crippen molar-refractivity contribution < 1.29 is 0 Å². The van der Waals surface area contributed by atoms with E-state index in [1.807, 2.05) is 30.3 Å². The van der Waals surface area contributed by atoms with Crippen LogP contribution in [-0.4, -0.2) is 11.7 Å². The zero-order chi connectivity index (χ0) is 14.2. The summed E-state index contributed by atoms with van der Waals surface area (Å²) in [4.78, 5) is 0. The molecule has 0 saturated heterocycles. The summed E-state index contributed by atoms with van der Waals surface area (Å²) in [5.74, 6) is 0. The molecule has 2 rings (SSSR count). The fourth-order valence-corrected chi connectivity index (χ4v) is 2.17. The molecule has 0 aliphatic rings. The van der Waals surface area contributed by atoms with E-state index in [1.165, 1.54) is 11.1 Å². The molecule has 0 bridgehead atoms. The Morgan fingerprint density at radius 1 is 1.00 bits per heavy atom. The molecule has 3 heteroatoms. The number of hydrogen-bond donors (Lipinski definition) is 2. The molecule has 0 aliphatic carbocycles. The Bertz CT molecular complexity index is 535. The first-order valence-electron chi connectivity index (χ1n) is 6.89. The van der Waals surface area contributed by atoms with Gasteiger partial charge in [-0.2, -0.15) is 0 Å². The van der Waals surface area contributed by atoms with E-state index in [1.54, 1.807) is 0 Å². The molecule has 20 heavy (non-hydrogen) atoms. The minimum absolute atomic E-state index is 0.681. The first-order chi connectivity index (χ1) is 9.74. The van der Waals surface area contributed by atoms with Crippen molar-refractivity contribution in [3.8, 4) is 0 Å². The number of hydrogen-bond acceptors (Lipinski definition) is 1. The molecule has 2 aromatic rings. The minimum Gasteiger partial charge on any atom is -0.362 e. The van der Waals surface area contributed by atoms with Crippen LogP contribution in [0, 0.1) is 6.92 Å². The van der Waals surface area contributed by atoms with Crippen LogP contribution in [0.2, 0.25) is 0 Å². The number of rotatable bonds is 5. The predicted molar refractivity (Wildman–Crippen MR) is 90.2 cm³/mol. The Kier molecular flexibility index (Phi) is 5.56. The van der Waals surface area contributed by atoms with Crippen LogP contribution in [-0.2, 0) is 6.42 Å². The van der Waals surface area contributed by atoms with Gasteiger partial charge in [-0.15, -0.1) is 0 Å². The van der Waals surface area contributed by atoms with Crippen LogP contribution >= 0.6 is 12.2 Å². The van der Waals surface area contributed by atoms with Crippen molar-refractivity contribution in [2.45, 2.75) is 19.8 Å². The molecule has 0 aliphatic heterocycles. The van der Waals surface area contributed by atoms with Gasteiger partial charge in [-0.05, 0) is 49.7 Å². The van der Waals surface area contributed by atoms with E-state index in [2.05, 4.69) is 41.8 Å². The summed E-state index contributed by atoms with van der Waals surface area (Å²) in [6.07, 6.45) is 2.14. The van der Waals surface area contributed by atoms with Gasteiger partial charge in [-0.1, -0.05) is 48.0 Å². The highest BCUT2D eigenvalue weighted by molar-refractivity contribution is 7.80. The van der Waals surface area contributed by atoms with Gasteiger partial charge in [-0.25, -0.2) is 0 Å². The molecule has 104 valence electrons. The Hall–Kier alpha value is -1.87. The lowest BCUT2D eigenvalue weighted by molar-refractivity contribution is 0.777.